The van der Waals surface area contributed by atoms with Crippen molar-refractivity contribution in [3.05, 3.63) is 24.3 Å². The van der Waals surface area contributed by atoms with Gasteiger partial charge in [-0.1, -0.05) is 23.7 Å². The summed E-state index contributed by atoms with van der Waals surface area (Å²) in [7, 11) is -2.04. The third kappa shape index (κ3) is 3.09. The van der Waals surface area contributed by atoms with Crippen molar-refractivity contribution in [1.82, 2.24) is 10.0 Å². The zero-order valence-electron chi connectivity index (χ0n) is 17.2. The molecule has 0 saturated heterocycles. The minimum absolute atomic E-state index is 0.00182. The summed E-state index contributed by atoms with van der Waals surface area (Å²) in [5.74, 6) is 0.576. The first kappa shape index (κ1) is 20.1. The molecular formula is C21H28BN3O4S. The molecule has 4 bridgehead atoms. The average Bonchev–Trinajstić information content (AvgIpc) is 3.44. The van der Waals surface area contributed by atoms with Gasteiger partial charge >= 0.3 is 0 Å². The molecule has 2 amide bonds. The largest absolute Gasteiger partial charge is 0.369 e. The van der Waals surface area contributed by atoms with Gasteiger partial charge in [-0.3, -0.25) is 9.59 Å². The molecule has 5 fully saturated rings. The van der Waals surface area contributed by atoms with Crippen LogP contribution in [0, 0.1) is 23.2 Å². The Hall–Kier alpha value is -1.87. The lowest BCUT2D eigenvalue weighted by atomic mass is 9.47. The Labute approximate surface area is 178 Å². The van der Waals surface area contributed by atoms with Crippen LogP contribution < -0.4 is 21.2 Å². The highest BCUT2D eigenvalue weighted by molar-refractivity contribution is 7.89. The van der Waals surface area contributed by atoms with Gasteiger partial charge in [0.15, 0.2) is 0 Å². The number of nitrogens with one attached hydrogen (secondary N) is 2. The molecule has 4 N–H and O–H groups in total. The van der Waals surface area contributed by atoms with Crippen LogP contribution in [0.2, 0.25) is 0 Å². The molecule has 0 spiro atoms. The van der Waals surface area contributed by atoms with Crippen molar-refractivity contribution in [3.63, 3.8) is 0 Å². The molecule has 1 aromatic carbocycles. The van der Waals surface area contributed by atoms with Crippen LogP contribution in [0.1, 0.15) is 44.9 Å². The predicted molar refractivity (Wildman–Crippen MR) is 114 cm³/mol. The van der Waals surface area contributed by atoms with Crippen molar-refractivity contribution < 1.29 is 18.0 Å². The van der Waals surface area contributed by atoms with Gasteiger partial charge in [0.25, 0.3) is 0 Å². The molecule has 0 aromatic heterocycles. The van der Waals surface area contributed by atoms with E-state index < -0.39 is 21.0 Å². The lowest BCUT2D eigenvalue weighted by molar-refractivity contribution is -0.147. The minimum atomic E-state index is -3.79. The molecule has 2 atom stereocenters. The van der Waals surface area contributed by atoms with Gasteiger partial charge in [-0.05, 0) is 68.8 Å². The Morgan fingerprint density at radius 2 is 1.70 bits per heavy atom. The smallest absolute Gasteiger partial charge is 0.241 e. The second-order valence-electron chi connectivity index (χ2n) is 10.1. The second-order valence-corrected chi connectivity index (χ2v) is 11.7. The van der Waals surface area contributed by atoms with Crippen molar-refractivity contribution >= 4 is 35.1 Å². The third-order valence-electron chi connectivity index (χ3n) is 7.99. The van der Waals surface area contributed by atoms with Crippen LogP contribution >= 0.6 is 0 Å². The van der Waals surface area contributed by atoms with Crippen molar-refractivity contribution in [2.24, 2.45) is 28.9 Å². The number of primary amides is 1. The molecule has 9 heteroatoms. The number of amides is 2. The first-order valence-electron chi connectivity index (χ1n) is 10.8. The Balaban J connectivity index is 1.32. The van der Waals surface area contributed by atoms with Crippen molar-refractivity contribution in [3.8, 4) is 0 Å². The van der Waals surface area contributed by atoms with E-state index in [9.17, 15) is 18.0 Å². The summed E-state index contributed by atoms with van der Waals surface area (Å²) in [4.78, 5) is 25.5. The van der Waals surface area contributed by atoms with E-state index in [-0.39, 0.29) is 34.6 Å². The average molecular weight is 429 g/mol. The highest BCUT2D eigenvalue weighted by Gasteiger charge is 2.60. The maximum Gasteiger partial charge on any atom is 0.241 e. The fourth-order valence-corrected chi connectivity index (χ4v) is 8.19. The summed E-state index contributed by atoms with van der Waals surface area (Å²) in [5.41, 5.74) is 4.94. The fraction of sp³-hybridized carbons (Fsp3) is 0.619. The van der Waals surface area contributed by atoms with E-state index in [1.165, 1.54) is 0 Å². The number of sulfonamides is 1. The van der Waals surface area contributed by atoms with Gasteiger partial charge < -0.3 is 11.1 Å². The maximum absolute atomic E-state index is 13.2. The second kappa shape index (κ2) is 6.56. The number of benzene rings is 1. The molecule has 5 aliphatic rings. The first-order valence-corrected chi connectivity index (χ1v) is 12.3. The van der Waals surface area contributed by atoms with Gasteiger partial charge in [-0.2, -0.15) is 4.72 Å². The zero-order valence-corrected chi connectivity index (χ0v) is 18.0. The van der Waals surface area contributed by atoms with Crippen molar-refractivity contribution in [2.75, 3.05) is 0 Å². The number of rotatable bonds is 6. The Bertz CT molecular complexity index is 1010. The lowest BCUT2D eigenvalue weighted by Crippen LogP contribution is -2.64. The first-order chi connectivity index (χ1) is 14.1. The fourth-order valence-electron chi connectivity index (χ4n) is 6.52. The van der Waals surface area contributed by atoms with E-state index in [2.05, 4.69) is 10.0 Å². The summed E-state index contributed by atoms with van der Waals surface area (Å²) in [6, 6.07) is 6.79. The number of carbonyl (C=O) groups excluding carboxylic acids is 2. The molecular weight excluding hydrogens is 401 g/mol. The van der Waals surface area contributed by atoms with Crippen LogP contribution in [-0.4, -0.2) is 39.7 Å². The highest BCUT2D eigenvalue weighted by Crippen LogP contribution is 2.60. The topological polar surface area (TPSA) is 118 Å². The molecule has 0 aliphatic heterocycles. The monoisotopic (exact) mass is 429 g/mol. The van der Waals surface area contributed by atoms with Gasteiger partial charge in [0.05, 0.1) is 4.90 Å². The van der Waals surface area contributed by atoms with E-state index in [0.29, 0.717) is 24.2 Å². The van der Waals surface area contributed by atoms with Crippen molar-refractivity contribution in [1.29, 1.82) is 0 Å². The summed E-state index contributed by atoms with van der Waals surface area (Å²) >= 11 is 0. The zero-order chi connectivity index (χ0) is 21.3. The molecule has 0 radical (unpaired) electrons. The number of hydrogen-bond acceptors (Lipinski definition) is 4. The molecule has 1 aromatic rings. The maximum atomic E-state index is 13.2. The Morgan fingerprint density at radius 1 is 1.07 bits per heavy atom. The van der Waals surface area contributed by atoms with E-state index in [4.69, 9.17) is 5.73 Å². The quantitative estimate of drug-likeness (QED) is 0.531. The van der Waals surface area contributed by atoms with Gasteiger partial charge in [-0.15, -0.1) is 0 Å². The molecule has 2 unspecified atom stereocenters. The minimum Gasteiger partial charge on any atom is -0.369 e. The van der Waals surface area contributed by atoms with Crippen LogP contribution in [0.3, 0.4) is 0 Å². The van der Waals surface area contributed by atoms with E-state index >= 15 is 0 Å². The lowest BCUT2D eigenvalue weighted by Gasteiger charge is -2.59. The van der Waals surface area contributed by atoms with Crippen LogP contribution in [0.25, 0.3) is 0 Å². The molecule has 30 heavy (non-hydrogen) atoms. The number of hydrogen-bond donors (Lipinski definition) is 3. The summed E-state index contributed by atoms with van der Waals surface area (Å²) in [6.45, 7) is 0. The number of nitrogens with two attached hydrogens (primary N) is 1. The summed E-state index contributed by atoms with van der Waals surface area (Å²) in [6.07, 6.45) is 5.39. The molecule has 5 saturated carbocycles. The van der Waals surface area contributed by atoms with Gasteiger partial charge in [-0.25, -0.2) is 8.42 Å². The van der Waals surface area contributed by atoms with Gasteiger partial charge in [0, 0.05) is 11.5 Å². The standard InChI is InChI=1S/C21H28BN3O4S/c22-15-3-1-2-4-16(15)30(28,29)25-21(5-6-21)19(27)24-17-13-7-12-8-14(17)11-20(9-12,10-13)18(23)26/h1-4,12-14,17,25H,5-11,22H2,(H2,23,26)(H,24,27). The SMILES string of the molecule is Bc1ccccc1S(=O)(=O)NC1(C(=O)NC2C3CC4CC2CC(C(N)=O)(C4)C3)CC1. The van der Waals surface area contributed by atoms with Crippen molar-refractivity contribution in [2.45, 2.75) is 61.4 Å². The van der Waals surface area contributed by atoms with E-state index in [1.54, 1.807) is 32.1 Å². The molecule has 160 valence electrons. The van der Waals surface area contributed by atoms with Crippen LogP contribution in [0.4, 0.5) is 0 Å². The Morgan fingerprint density at radius 3 is 2.27 bits per heavy atom. The predicted octanol–water partition coefficient (Wildman–Crippen LogP) is -0.448. The molecule has 7 nitrogen and oxygen atoms in total. The Kier molecular flexibility index (Phi) is 4.39. The van der Waals surface area contributed by atoms with Crippen LogP contribution in [0.5, 0.6) is 0 Å². The molecule has 5 aliphatic carbocycles. The molecule has 0 heterocycles. The van der Waals surface area contributed by atoms with Gasteiger partial charge in [0.2, 0.25) is 21.8 Å². The van der Waals surface area contributed by atoms with Gasteiger partial charge in [0.1, 0.15) is 13.4 Å². The molecule has 6 rings (SSSR count). The van der Waals surface area contributed by atoms with Crippen LogP contribution in [-0.2, 0) is 19.6 Å². The van der Waals surface area contributed by atoms with E-state index in [1.807, 2.05) is 0 Å². The summed E-state index contributed by atoms with van der Waals surface area (Å²) in [5, 5.41) is 3.19. The van der Waals surface area contributed by atoms with Crippen LogP contribution in [0.15, 0.2) is 29.2 Å². The third-order valence-corrected chi connectivity index (χ3v) is 9.69. The van der Waals surface area contributed by atoms with E-state index in [0.717, 1.165) is 32.1 Å². The number of carbonyl (C=O) groups is 2. The normalized spacial score (nSPS) is 35.7. The summed E-state index contributed by atoms with van der Waals surface area (Å²) < 4.78 is 28.5. The highest BCUT2D eigenvalue weighted by atomic mass is 32.2.